The molecule has 0 amide bonds. The Balaban J connectivity index is 1.81. The van der Waals surface area contributed by atoms with Crippen LogP contribution in [0.1, 0.15) is 19.9 Å². The van der Waals surface area contributed by atoms with E-state index in [2.05, 4.69) is 15.0 Å². The predicted octanol–water partition coefficient (Wildman–Crippen LogP) is -0.547. The summed E-state index contributed by atoms with van der Waals surface area (Å²) in [6, 6.07) is -0.474. The van der Waals surface area contributed by atoms with Gasteiger partial charge in [-0.1, -0.05) is 0 Å². The normalized spacial score (nSPS) is 35.7. The van der Waals surface area contributed by atoms with Crippen LogP contribution in [0.25, 0.3) is 11.2 Å². The van der Waals surface area contributed by atoms with Crippen molar-refractivity contribution < 1.29 is 19.7 Å². The third-order valence-corrected chi connectivity index (χ3v) is 4.63. The molecule has 4 rings (SSSR count). The van der Waals surface area contributed by atoms with E-state index in [1.807, 2.05) is 13.8 Å². The van der Waals surface area contributed by atoms with Gasteiger partial charge in [0.1, 0.15) is 17.9 Å². The smallest absolute Gasteiger partial charge is 0.165 e. The minimum Gasteiger partial charge on any atom is -0.396 e. The van der Waals surface area contributed by atoms with E-state index in [0.29, 0.717) is 11.2 Å². The van der Waals surface area contributed by atoms with Crippen molar-refractivity contribution in [3.63, 3.8) is 0 Å². The fraction of sp³-hybridized carbons (Fsp3) is 0.643. The fourth-order valence-corrected chi connectivity index (χ4v) is 3.68. The molecule has 9 nitrogen and oxygen atoms in total. The molecule has 0 spiro atoms. The van der Waals surface area contributed by atoms with Gasteiger partial charge in [-0.3, -0.25) is 0 Å². The Kier molecular flexibility index (Phi) is 3.11. The number of imidazole rings is 1. The molecule has 3 heterocycles. The average Bonchev–Trinajstić information content (AvgIpc) is 3.09. The molecule has 9 heteroatoms. The van der Waals surface area contributed by atoms with Crippen molar-refractivity contribution in [2.24, 2.45) is 5.92 Å². The molecule has 1 aliphatic carbocycles. The topological polar surface area (TPSA) is 129 Å². The summed E-state index contributed by atoms with van der Waals surface area (Å²) >= 11 is 0. The van der Waals surface area contributed by atoms with Gasteiger partial charge in [-0.2, -0.15) is 0 Å². The van der Waals surface area contributed by atoms with Crippen molar-refractivity contribution in [2.75, 3.05) is 12.3 Å². The molecule has 0 radical (unpaired) electrons. The van der Waals surface area contributed by atoms with Crippen molar-refractivity contribution in [1.29, 1.82) is 0 Å². The predicted molar refractivity (Wildman–Crippen MR) is 79.2 cm³/mol. The Hall–Kier alpha value is -1.81. The first-order valence-corrected chi connectivity index (χ1v) is 7.50. The van der Waals surface area contributed by atoms with Crippen LogP contribution in [0.5, 0.6) is 0 Å². The first kappa shape index (κ1) is 14.8. The van der Waals surface area contributed by atoms with E-state index in [0.717, 1.165) is 0 Å². The second-order valence-electron chi connectivity index (χ2n) is 6.48. The van der Waals surface area contributed by atoms with Gasteiger partial charge in [0.15, 0.2) is 17.3 Å². The van der Waals surface area contributed by atoms with Crippen LogP contribution >= 0.6 is 0 Å². The average molecular weight is 321 g/mol. The van der Waals surface area contributed by atoms with Gasteiger partial charge < -0.3 is 30.0 Å². The van der Waals surface area contributed by atoms with Crippen LogP contribution in [-0.4, -0.2) is 60.4 Å². The molecule has 1 saturated heterocycles. The molecule has 23 heavy (non-hydrogen) atoms. The lowest BCUT2D eigenvalue weighted by molar-refractivity contribution is -0.172. The number of hydrogen-bond acceptors (Lipinski definition) is 8. The van der Waals surface area contributed by atoms with Gasteiger partial charge in [-0.15, -0.1) is 0 Å². The van der Waals surface area contributed by atoms with Gasteiger partial charge in [0.2, 0.25) is 0 Å². The van der Waals surface area contributed by atoms with Crippen molar-refractivity contribution in [3.05, 3.63) is 12.7 Å². The molecule has 2 aromatic heterocycles. The van der Waals surface area contributed by atoms with E-state index in [1.165, 1.54) is 6.33 Å². The first-order chi connectivity index (χ1) is 10.9. The molecule has 0 unspecified atom stereocenters. The van der Waals surface area contributed by atoms with Crippen LogP contribution < -0.4 is 5.73 Å². The quantitative estimate of drug-likeness (QED) is 0.672. The SMILES string of the molecule is CC1(C)O[C@@H]2[C@@H](CO)[C@H](O)[C@@H](n3cnc4c(N)ncnc43)[C@@H]2O1. The molecule has 5 atom stereocenters. The maximum Gasteiger partial charge on any atom is 0.165 e. The minimum absolute atomic E-state index is 0.192. The highest BCUT2D eigenvalue weighted by molar-refractivity contribution is 5.81. The second-order valence-corrected chi connectivity index (χ2v) is 6.48. The highest BCUT2D eigenvalue weighted by Crippen LogP contribution is 2.47. The number of nitrogens with zero attached hydrogens (tertiary/aromatic N) is 4. The summed E-state index contributed by atoms with van der Waals surface area (Å²) in [5.74, 6) is -0.935. The number of anilines is 1. The number of hydrogen-bond donors (Lipinski definition) is 3. The van der Waals surface area contributed by atoms with E-state index in [1.54, 1.807) is 10.9 Å². The number of aliphatic hydroxyl groups excluding tert-OH is 2. The number of nitrogen functional groups attached to an aromatic ring is 1. The van der Waals surface area contributed by atoms with E-state index < -0.39 is 36.1 Å². The molecule has 2 aliphatic rings. The number of aromatic nitrogens is 4. The minimum atomic E-state index is -0.848. The van der Waals surface area contributed by atoms with Crippen LogP contribution in [0.4, 0.5) is 5.82 Å². The highest BCUT2D eigenvalue weighted by Gasteiger charge is 2.59. The number of ether oxygens (including phenoxy) is 2. The van der Waals surface area contributed by atoms with Gasteiger partial charge in [-0.25, -0.2) is 15.0 Å². The fourth-order valence-electron chi connectivity index (χ4n) is 3.68. The van der Waals surface area contributed by atoms with Crippen LogP contribution in [0.3, 0.4) is 0 Å². The van der Waals surface area contributed by atoms with Crippen LogP contribution in [0.15, 0.2) is 12.7 Å². The van der Waals surface area contributed by atoms with Gasteiger partial charge in [-0.05, 0) is 13.8 Å². The van der Waals surface area contributed by atoms with Crippen molar-refractivity contribution in [1.82, 2.24) is 19.5 Å². The number of aliphatic hydroxyl groups is 2. The zero-order valence-electron chi connectivity index (χ0n) is 12.8. The van der Waals surface area contributed by atoms with E-state index in [-0.39, 0.29) is 12.4 Å². The number of nitrogens with two attached hydrogens (primary N) is 1. The Bertz CT molecular complexity index is 748. The lowest BCUT2D eigenvalue weighted by Crippen LogP contribution is -2.34. The molecule has 124 valence electrons. The maximum atomic E-state index is 10.7. The van der Waals surface area contributed by atoms with Gasteiger partial charge in [0.25, 0.3) is 0 Å². The Labute approximate surface area is 132 Å². The summed E-state index contributed by atoms with van der Waals surface area (Å²) < 4.78 is 13.6. The van der Waals surface area contributed by atoms with E-state index in [4.69, 9.17) is 15.2 Å². The van der Waals surface area contributed by atoms with Crippen molar-refractivity contribution >= 4 is 17.0 Å². The Morgan fingerprint density at radius 2 is 2.00 bits per heavy atom. The standard InChI is InChI=1S/C14H19N5O4/c1-14(2)22-10-6(3-20)9(21)8(11(10)23-14)19-5-18-7-12(15)16-4-17-13(7)19/h4-6,8-11,20-21H,3H2,1-2H3,(H2,15,16,17)/t6-,8+,9-,10+,11-/m0/s1. The highest BCUT2D eigenvalue weighted by atomic mass is 16.8. The molecular formula is C14H19N5O4. The monoisotopic (exact) mass is 321 g/mol. The molecule has 0 bridgehead atoms. The van der Waals surface area contributed by atoms with Gasteiger partial charge >= 0.3 is 0 Å². The van der Waals surface area contributed by atoms with E-state index in [9.17, 15) is 10.2 Å². The van der Waals surface area contributed by atoms with Crippen molar-refractivity contribution in [3.8, 4) is 0 Å². The van der Waals surface area contributed by atoms with E-state index >= 15 is 0 Å². The second kappa shape index (κ2) is 4.84. The third kappa shape index (κ3) is 2.04. The van der Waals surface area contributed by atoms with Gasteiger partial charge in [0.05, 0.1) is 31.2 Å². The van der Waals surface area contributed by atoms with Crippen LogP contribution in [0, 0.1) is 5.92 Å². The van der Waals surface area contributed by atoms with Crippen LogP contribution in [-0.2, 0) is 9.47 Å². The van der Waals surface area contributed by atoms with Gasteiger partial charge in [0, 0.05) is 5.92 Å². The summed E-state index contributed by atoms with van der Waals surface area (Å²) in [6.45, 7) is 3.44. The van der Waals surface area contributed by atoms with Crippen molar-refractivity contribution in [2.45, 2.75) is 44.0 Å². The lowest BCUT2D eigenvalue weighted by atomic mass is 10.0. The summed E-state index contributed by atoms with van der Waals surface area (Å²) in [5, 5.41) is 20.3. The molecule has 1 aliphatic heterocycles. The third-order valence-electron chi connectivity index (χ3n) is 4.63. The Morgan fingerprint density at radius 3 is 2.74 bits per heavy atom. The van der Waals surface area contributed by atoms with Crippen LogP contribution in [0.2, 0.25) is 0 Å². The molecule has 1 saturated carbocycles. The molecule has 0 aromatic carbocycles. The first-order valence-electron chi connectivity index (χ1n) is 7.50. The number of rotatable bonds is 2. The Morgan fingerprint density at radius 1 is 1.26 bits per heavy atom. The number of fused-ring (bicyclic) bond motifs is 2. The summed E-state index contributed by atoms with van der Waals surface area (Å²) in [5.41, 5.74) is 6.82. The zero-order chi connectivity index (χ0) is 16.4. The summed E-state index contributed by atoms with van der Waals surface area (Å²) in [6.07, 6.45) is 1.26. The lowest BCUT2D eigenvalue weighted by Gasteiger charge is -2.27. The zero-order valence-corrected chi connectivity index (χ0v) is 12.8. The molecule has 2 aromatic rings. The summed E-state index contributed by atoms with van der Waals surface area (Å²) in [7, 11) is 0. The molecular weight excluding hydrogens is 302 g/mol. The maximum absolute atomic E-state index is 10.7. The summed E-state index contributed by atoms with van der Waals surface area (Å²) in [4.78, 5) is 12.4. The molecule has 2 fully saturated rings. The molecule has 4 N–H and O–H groups in total. The largest absolute Gasteiger partial charge is 0.396 e.